The van der Waals surface area contributed by atoms with E-state index in [9.17, 15) is 22.0 Å². The van der Waals surface area contributed by atoms with E-state index in [0.717, 1.165) is 12.1 Å². The van der Waals surface area contributed by atoms with Crippen molar-refractivity contribution in [2.45, 2.75) is 32.8 Å². The number of halogens is 6. The maximum Gasteiger partial charge on any atom is 0.387 e. The van der Waals surface area contributed by atoms with Gasteiger partial charge in [0.05, 0.1) is 5.56 Å². The highest BCUT2D eigenvalue weighted by Gasteiger charge is 2.16. The minimum Gasteiger partial charge on any atom is -0.432 e. The Hall–Kier alpha value is -3.48. The molecular formula is C27H20F6O. The van der Waals surface area contributed by atoms with Crippen LogP contribution in [-0.2, 0) is 19.3 Å². The molecule has 0 aliphatic rings. The van der Waals surface area contributed by atoms with Gasteiger partial charge < -0.3 is 4.74 Å². The molecule has 0 aromatic heterocycles. The van der Waals surface area contributed by atoms with Crippen molar-refractivity contribution in [1.82, 2.24) is 0 Å². The second kappa shape index (κ2) is 9.79. The molecule has 4 aromatic carbocycles. The average molecular weight is 474 g/mol. The topological polar surface area (TPSA) is 9.23 Å². The molecule has 0 bridgehead atoms. The third-order valence-electron chi connectivity index (χ3n) is 5.73. The standard InChI is InChI=1S/C27H20F6O/c1-2-15-11-22(29)25(23(30)12-15)19-8-9-20-18(14-19)7-6-17(26(20)31)5-3-16-4-10-24(21(28)13-16)34-27(32)33/h4,6-14,27H,2-3,5H2,1H3. The van der Waals surface area contributed by atoms with Crippen LogP contribution in [0.1, 0.15) is 23.6 Å². The molecule has 0 heterocycles. The van der Waals surface area contributed by atoms with Gasteiger partial charge in [-0.05, 0) is 77.2 Å². The third kappa shape index (κ3) is 4.88. The molecule has 0 spiro atoms. The van der Waals surface area contributed by atoms with E-state index in [1.54, 1.807) is 19.1 Å². The Bertz CT molecular complexity index is 1330. The lowest BCUT2D eigenvalue weighted by Crippen LogP contribution is -2.04. The van der Waals surface area contributed by atoms with Crippen LogP contribution in [0.3, 0.4) is 0 Å². The van der Waals surface area contributed by atoms with E-state index in [1.807, 2.05) is 0 Å². The number of hydrogen-bond acceptors (Lipinski definition) is 1. The molecule has 0 atom stereocenters. The molecular weight excluding hydrogens is 454 g/mol. The number of hydrogen-bond donors (Lipinski definition) is 0. The maximum absolute atomic E-state index is 15.1. The Morgan fingerprint density at radius 3 is 2.09 bits per heavy atom. The van der Waals surface area contributed by atoms with Crippen LogP contribution in [0.2, 0.25) is 0 Å². The smallest absolute Gasteiger partial charge is 0.387 e. The molecule has 0 unspecified atom stereocenters. The summed E-state index contributed by atoms with van der Waals surface area (Å²) < 4.78 is 86.7. The molecule has 0 aliphatic heterocycles. The van der Waals surface area contributed by atoms with Gasteiger partial charge in [-0.2, -0.15) is 8.78 Å². The van der Waals surface area contributed by atoms with Crippen molar-refractivity contribution in [2.75, 3.05) is 0 Å². The van der Waals surface area contributed by atoms with Crippen LogP contribution in [0.4, 0.5) is 26.3 Å². The number of ether oxygens (including phenoxy) is 1. The first-order valence-corrected chi connectivity index (χ1v) is 10.7. The first-order valence-electron chi connectivity index (χ1n) is 10.7. The van der Waals surface area contributed by atoms with Gasteiger partial charge in [-0.25, -0.2) is 17.6 Å². The lowest BCUT2D eigenvalue weighted by atomic mass is 9.96. The van der Waals surface area contributed by atoms with Crippen LogP contribution in [-0.4, -0.2) is 6.61 Å². The van der Waals surface area contributed by atoms with E-state index < -0.39 is 35.6 Å². The third-order valence-corrected chi connectivity index (χ3v) is 5.73. The molecule has 0 amide bonds. The number of rotatable bonds is 7. The van der Waals surface area contributed by atoms with E-state index in [-0.39, 0.29) is 18.4 Å². The Morgan fingerprint density at radius 2 is 1.44 bits per heavy atom. The van der Waals surface area contributed by atoms with Gasteiger partial charge in [0.15, 0.2) is 11.6 Å². The van der Waals surface area contributed by atoms with E-state index >= 15 is 4.39 Å². The van der Waals surface area contributed by atoms with Crippen molar-refractivity contribution >= 4 is 10.8 Å². The predicted molar refractivity (Wildman–Crippen MR) is 119 cm³/mol. The summed E-state index contributed by atoms with van der Waals surface area (Å²) in [5.74, 6) is -3.31. The quantitative estimate of drug-likeness (QED) is 0.247. The van der Waals surface area contributed by atoms with Crippen LogP contribution in [0.25, 0.3) is 21.9 Å². The summed E-state index contributed by atoms with van der Waals surface area (Å²) >= 11 is 0. The zero-order valence-corrected chi connectivity index (χ0v) is 18.1. The Balaban J connectivity index is 1.58. The van der Waals surface area contributed by atoms with Crippen LogP contribution in [0.5, 0.6) is 5.75 Å². The van der Waals surface area contributed by atoms with E-state index in [0.29, 0.717) is 39.4 Å². The molecule has 4 rings (SSSR count). The van der Waals surface area contributed by atoms with Gasteiger partial charge in [-0.3, -0.25) is 0 Å². The van der Waals surface area contributed by atoms with Crippen LogP contribution < -0.4 is 4.74 Å². The molecule has 0 N–H and O–H groups in total. The first kappa shape index (κ1) is 23.7. The van der Waals surface area contributed by atoms with E-state index in [1.165, 1.54) is 36.4 Å². The van der Waals surface area contributed by atoms with Gasteiger partial charge >= 0.3 is 6.61 Å². The number of benzene rings is 4. The van der Waals surface area contributed by atoms with Gasteiger partial charge in [0, 0.05) is 5.39 Å². The minimum atomic E-state index is -3.13. The molecule has 1 nitrogen and oxygen atoms in total. The highest BCUT2D eigenvalue weighted by atomic mass is 19.3. The van der Waals surface area contributed by atoms with Gasteiger partial charge in [-0.1, -0.05) is 37.3 Å². The van der Waals surface area contributed by atoms with Crippen molar-refractivity contribution in [2.24, 2.45) is 0 Å². The molecule has 0 saturated carbocycles. The van der Waals surface area contributed by atoms with Crippen molar-refractivity contribution in [3.05, 3.63) is 101 Å². The van der Waals surface area contributed by atoms with Crippen molar-refractivity contribution in [3.8, 4) is 16.9 Å². The summed E-state index contributed by atoms with van der Waals surface area (Å²) in [6.45, 7) is -1.33. The van der Waals surface area contributed by atoms with E-state index in [2.05, 4.69) is 4.74 Å². The Kier molecular flexibility index (Phi) is 6.82. The number of alkyl halides is 2. The van der Waals surface area contributed by atoms with Crippen molar-refractivity contribution < 1.29 is 31.1 Å². The Labute approximate surface area is 192 Å². The van der Waals surface area contributed by atoms with Gasteiger partial charge in [0.1, 0.15) is 17.5 Å². The van der Waals surface area contributed by atoms with Crippen LogP contribution in [0.15, 0.2) is 60.7 Å². The molecule has 0 fully saturated rings. The fraction of sp³-hybridized carbons (Fsp3) is 0.185. The second-order valence-corrected chi connectivity index (χ2v) is 7.91. The van der Waals surface area contributed by atoms with Crippen molar-refractivity contribution in [1.29, 1.82) is 0 Å². The largest absolute Gasteiger partial charge is 0.432 e. The molecule has 0 saturated heterocycles. The van der Waals surface area contributed by atoms with E-state index in [4.69, 9.17) is 0 Å². The number of fused-ring (bicyclic) bond motifs is 1. The predicted octanol–water partition coefficient (Wildman–Crippen LogP) is 8.01. The average Bonchev–Trinajstić information content (AvgIpc) is 2.79. The lowest BCUT2D eigenvalue weighted by Gasteiger charge is -2.11. The normalized spacial score (nSPS) is 11.4. The van der Waals surface area contributed by atoms with Gasteiger partial charge in [0.25, 0.3) is 0 Å². The fourth-order valence-electron chi connectivity index (χ4n) is 3.96. The SMILES string of the molecule is CCc1cc(F)c(-c2ccc3c(F)c(CCc4ccc(OC(F)F)c(F)c4)ccc3c2)c(F)c1. The zero-order chi connectivity index (χ0) is 24.4. The summed E-state index contributed by atoms with van der Waals surface area (Å²) in [5.41, 5.74) is 1.56. The zero-order valence-electron chi connectivity index (χ0n) is 18.1. The summed E-state index contributed by atoms with van der Waals surface area (Å²) in [7, 11) is 0. The summed E-state index contributed by atoms with van der Waals surface area (Å²) in [5, 5.41) is 0.774. The lowest BCUT2D eigenvalue weighted by molar-refractivity contribution is -0.0522. The maximum atomic E-state index is 15.1. The van der Waals surface area contributed by atoms with Crippen LogP contribution >= 0.6 is 0 Å². The summed E-state index contributed by atoms with van der Waals surface area (Å²) in [6.07, 6.45) is 1.01. The fourth-order valence-corrected chi connectivity index (χ4v) is 3.96. The molecule has 0 aliphatic carbocycles. The van der Waals surface area contributed by atoms with Crippen molar-refractivity contribution in [3.63, 3.8) is 0 Å². The van der Waals surface area contributed by atoms with Crippen LogP contribution in [0, 0.1) is 23.3 Å². The monoisotopic (exact) mass is 474 g/mol. The number of aryl methyl sites for hydroxylation is 3. The summed E-state index contributed by atoms with van der Waals surface area (Å²) in [6, 6.07) is 13.9. The summed E-state index contributed by atoms with van der Waals surface area (Å²) in [4.78, 5) is 0. The molecule has 4 aromatic rings. The molecule has 176 valence electrons. The molecule has 0 radical (unpaired) electrons. The second-order valence-electron chi connectivity index (χ2n) is 7.91. The molecule has 7 heteroatoms. The van der Waals surface area contributed by atoms with Gasteiger partial charge in [-0.15, -0.1) is 0 Å². The Morgan fingerprint density at radius 1 is 0.735 bits per heavy atom. The van der Waals surface area contributed by atoms with Gasteiger partial charge in [0.2, 0.25) is 0 Å². The minimum absolute atomic E-state index is 0.162. The first-order chi connectivity index (χ1) is 16.3. The highest BCUT2D eigenvalue weighted by molar-refractivity contribution is 5.88. The molecule has 34 heavy (non-hydrogen) atoms. The highest BCUT2D eigenvalue weighted by Crippen LogP contribution is 2.32.